The van der Waals surface area contributed by atoms with Gasteiger partial charge in [-0.05, 0) is 33.3 Å². The lowest BCUT2D eigenvalue weighted by Gasteiger charge is -2.12. The smallest absolute Gasteiger partial charge is 0.339 e. The Bertz CT molecular complexity index is 575. The number of aromatic amines is 1. The number of carbonyl (C=O) groups excluding carboxylic acids is 3. The van der Waals surface area contributed by atoms with Crippen LogP contribution < -0.4 is 0 Å². The van der Waals surface area contributed by atoms with Gasteiger partial charge in [0, 0.05) is 12.3 Å². The molecule has 1 atom stereocenters. The molecule has 22 heavy (non-hydrogen) atoms. The molecule has 0 aromatic carbocycles. The van der Waals surface area contributed by atoms with Gasteiger partial charge >= 0.3 is 11.9 Å². The third kappa shape index (κ3) is 3.94. The number of aryl methyl sites for hydroxylation is 1. The Morgan fingerprint density at radius 3 is 2.41 bits per heavy atom. The van der Waals surface area contributed by atoms with Gasteiger partial charge in [0.25, 0.3) is 0 Å². The van der Waals surface area contributed by atoms with Crippen LogP contribution >= 0.6 is 0 Å². The Balaban J connectivity index is 2.90. The highest BCUT2D eigenvalue weighted by Crippen LogP contribution is 2.20. The van der Waals surface area contributed by atoms with Crippen LogP contribution in [0.3, 0.4) is 0 Å². The molecular formula is C15H21NO6. The van der Waals surface area contributed by atoms with Crippen LogP contribution in [-0.4, -0.2) is 49.1 Å². The summed E-state index contributed by atoms with van der Waals surface area (Å²) in [5.41, 5.74) is 1.55. The fourth-order valence-electron chi connectivity index (χ4n) is 2.08. The second kappa shape index (κ2) is 7.74. The SMILES string of the molecule is CCOCC(=O)O[C@H](C)C(=O)c1[nH]c(C)c(C(=O)OC)c1C. The Morgan fingerprint density at radius 2 is 1.86 bits per heavy atom. The van der Waals surface area contributed by atoms with E-state index in [-0.39, 0.29) is 12.3 Å². The molecule has 7 nitrogen and oxygen atoms in total. The molecule has 0 fully saturated rings. The number of rotatable bonds is 7. The average Bonchev–Trinajstić information content (AvgIpc) is 2.78. The molecule has 122 valence electrons. The van der Waals surface area contributed by atoms with Gasteiger partial charge in [-0.25, -0.2) is 9.59 Å². The molecule has 0 spiro atoms. The van der Waals surface area contributed by atoms with Gasteiger partial charge in [-0.1, -0.05) is 0 Å². The lowest BCUT2D eigenvalue weighted by molar-refractivity contribution is -0.151. The number of methoxy groups -OCH3 is 1. The van der Waals surface area contributed by atoms with Crippen LogP contribution in [0.15, 0.2) is 0 Å². The first-order valence-corrected chi connectivity index (χ1v) is 6.92. The highest BCUT2D eigenvalue weighted by atomic mass is 16.6. The first-order valence-electron chi connectivity index (χ1n) is 6.92. The molecule has 1 N–H and O–H groups in total. The van der Waals surface area contributed by atoms with Crippen molar-refractivity contribution in [2.45, 2.75) is 33.8 Å². The number of hydrogen-bond donors (Lipinski definition) is 1. The van der Waals surface area contributed by atoms with Crippen molar-refractivity contribution in [1.29, 1.82) is 0 Å². The summed E-state index contributed by atoms with van der Waals surface area (Å²) in [4.78, 5) is 38.4. The highest BCUT2D eigenvalue weighted by Gasteiger charge is 2.27. The summed E-state index contributed by atoms with van der Waals surface area (Å²) in [5, 5.41) is 0. The van der Waals surface area contributed by atoms with E-state index in [9.17, 15) is 14.4 Å². The Labute approximate surface area is 128 Å². The molecular weight excluding hydrogens is 290 g/mol. The van der Waals surface area contributed by atoms with E-state index in [0.717, 1.165) is 0 Å². The van der Waals surface area contributed by atoms with Crippen LogP contribution in [0.2, 0.25) is 0 Å². The summed E-state index contributed by atoms with van der Waals surface area (Å²) in [6.07, 6.45) is -0.977. The molecule has 0 radical (unpaired) electrons. The zero-order chi connectivity index (χ0) is 16.9. The van der Waals surface area contributed by atoms with Crippen LogP contribution in [-0.2, 0) is 19.0 Å². The first kappa shape index (κ1) is 17.9. The van der Waals surface area contributed by atoms with Gasteiger partial charge in [0.1, 0.15) is 6.61 Å². The Morgan fingerprint density at radius 1 is 1.23 bits per heavy atom. The van der Waals surface area contributed by atoms with Crippen molar-refractivity contribution < 1.29 is 28.6 Å². The fraction of sp³-hybridized carbons (Fsp3) is 0.533. The molecule has 0 aliphatic heterocycles. The second-order valence-electron chi connectivity index (χ2n) is 4.75. The third-order valence-corrected chi connectivity index (χ3v) is 3.17. The van der Waals surface area contributed by atoms with Crippen molar-refractivity contribution in [3.8, 4) is 0 Å². The number of esters is 2. The lowest BCUT2D eigenvalue weighted by atomic mass is 10.1. The summed E-state index contributed by atoms with van der Waals surface area (Å²) in [6, 6.07) is 0. The lowest BCUT2D eigenvalue weighted by Crippen LogP contribution is -2.27. The number of ketones is 1. The van der Waals surface area contributed by atoms with Crippen LogP contribution in [0.25, 0.3) is 0 Å². The number of hydrogen-bond acceptors (Lipinski definition) is 6. The van der Waals surface area contributed by atoms with Gasteiger partial charge in [0.2, 0.25) is 5.78 Å². The highest BCUT2D eigenvalue weighted by molar-refractivity contribution is 6.03. The number of H-pyrrole nitrogens is 1. The molecule has 0 aliphatic rings. The minimum Gasteiger partial charge on any atom is -0.465 e. The third-order valence-electron chi connectivity index (χ3n) is 3.17. The topological polar surface area (TPSA) is 94.7 Å². The maximum atomic E-state index is 12.3. The quantitative estimate of drug-likeness (QED) is 0.606. The molecule has 1 aromatic rings. The average molecular weight is 311 g/mol. The van der Waals surface area contributed by atoms with Gasteiger partial charge in [0.05, 0.1) is 18.4 Å². The monoisotopic (exact) mass is 311 g/mol. The fourth-order valence-corrected chi connectivity index (χ4v) is 2.08. The number of carbonyl (C=O) groups is 3. The Hall–Kier alpha value is -2.15. The van der Waals surface area contributed by atoms with E-state index in [4.69, 9.17) is 9.47 Å². The molecule has 0 saturated carbocycles. The molecule has 0 unspecified atom stereocenters. The second-order valence-corrected chi connectivity index (χ2v) is 4.75. The number of nitrogens with one attached hydrogen (secondary N) is 1. The zero-order valence-corrected chi connectivity index (χ0v) is 13.4. The number of aromatic nitrogens is 1. The maximum Gasteiger partial charge on any atom is 0.339 e. The number of ether oxygens (including phenoxy) is 3. The largest absolute Gasteiger partial charge is 0.465 e. The Kier molecular flexibility index (Phi) is 6.30. The molecule has 1 heterocycles. The van der Waals surface area contributed by atoms with Gasteiger partial charge in [0.15, 0.2) is 6.10 Å². The minimum absolute atomic E-state index is 0.204. The van der Waals surface area contributed by atoms with Crippen molar-refractivity contribution in [2.75, 3.05) is 20.3 Å². The van der Waals surface area contributed by atoms with E-state index in [0.29, 0.717) is 23.4 Å². The van der Waals surface area contributed by atoms with Crippen molar-refractivity contribution in [3.05, 3.63) is 22.5 Å². The summed E-state index contributed by atoms with van der Waals surface area (Å²) >= 11 is 0. The molecule has 0 saturated heterocycles. The van der Waals surface area contributed by atoms with Crippen molar-refractivity contribution in [3.63, 3.8) is 0 Å². The molecule has 0 aliphatic carbocycles. The molecule has 0 amide bonds. The van der Waals surface area contributed by atoms with Crippen LogP contribution in [0.5, 0.6) is 0 Å². The number of Topliss-reactive ketones (excluding diaryl/α,β-unsaturated/α-hetero) is 1. The molecule has 0 bridgehead atoms. The van der Waals surface area contributed by atoms with E-state index in [1.165, 1.54) is 14.0 Å². The van der Waals surface area contributed by atoms with Crippen LogP contribution in [0.4, 0.5) is 0 Å². The zero-order valence-electron chi connectivity index (χ0n) is 13.4. The summed E-state index contributed by atoms with van der Waals surface area (Å²) in [5.74, 6) is -1.55. The van der Waals surface area contributed by atoms with Crippen LogP contribution in [0.1, 0.15) is 46.0 Å². The molecule has 1 rings (SSSR count). The summed E-state index contributed by atoms with van der Waals surface area (Å²) in [7, 11) is 1.27. The van der Waals surface area contributed by atoms with Crippen molar-refractivity contribution in [2.24, 2.45) is 0 Å². The molecule has 7 heteroatoms. The first-order chi connectivity index (χ1) is 10.3. The summed E-state index contributed by atoms with van der Waals surface area (Å²) < 4.78 is 14.6. The predicted molar refractivity (Wildman–Crippen MR) is 78.0 cm³/mol. The van der Waals surface area contributed by atoms with E-state index in [2.05, 4.69) is 9.72 Å². The van der Waals surface area contributed by atoms with E-state index in [1.54, 1.807) is 20.8 Å². The molecule has 1 aromatic heterocycles. The normalized spacial score (nSPS) is 11.9. The standard InChI is InChI=1S/C15H21NO6/c1-6-21-7-11(17)22-10(4)14(18)13-8(2)12(9(3)16-13)15(19)20-5/h10,16H,6-7H2,1-5H3/t10-/m1/s1. The van der Waals surface area contributed by atoms with E-state index in [1.807, 2.05) is 0 Å². The predicted octanol–water partition coefficient (Wildman–Crippen LogP) is 1.57. The van der Waals surface area contributed by atoms with E-state index < -0.39 is 23.8 Å². The van der Waals surface area contributed by atoms with Gasteiger partial charge in [-0.15, -0.1) is 0 Å². The van der Waals surface area contributed by atoms with Gasteiger partial charge in [-0.3, -0.25) is 4.79 Å². The summed E-state index contributed by atoms with van der Waals surface area (Å²) in [6.45, 7) is 6.71. The maximum absolute atomic E-state index is 12.3. The van der Waals surface area contributed by atoms with Crippen molar-refractivity contribution >= 4 is 17.7 Å². The minimum atomic E-state index is -0.977. The van der Waals surface area contributed by atoms with Crippen molar-refractivity contribution in [1.82, 2.24) is 4.98 Å². The van der Waals surface area contributed by atoms with E-state index >= 15 is 0 Å². The van der Waals surface area contributed by atoms with Gasteiger partial charge in [-0.2, -0.15) is 0 Å². The van der Waals surface area contributed by atoms with Gasteiger partial charge < -0.3 is 19.2 Å². The van der Waals surface area contributed by atoms with Crippen LogP contribution in [0, 0.1) is 13.8 Å².